The molecule has 14 heavy (non-hydrogen) atoms. The zero-order chi connectivity index (χ0) is 9.97. The van der Waals surface area contributed by atoms with Crippen molar-refractivity contribution in [3.63, 3.8) is 0 Å². The molecule has 5 nitrogen and oxygen atoms in total. The maximum Gasteiger partial charge on any atom is 0.142 e. The predicted octanol–water partition coefficient (Wildman–Crippen LogP) is 0.971. The van der Waals surface area contributed by atoms with Gasteiger partial charge < -0.3 is 15.8 Å². The number of rotatable bonds is 3. The molecule has 1 aromatic rings. The van der Waals surface area contributed by atoms with Crippen molar-refractivity contribution in [2.24, 2.45) is 0 Å². The number of H-pyrrole nitrogens is 1. The highest BCUT2D eigenvalue weighted by atomic mass is 16.5. The molecule has 0 aliphatic carbocycles. The van der Waals surface area contributed by atoms with Crippen LogP contribution in [0.15, 0.2) is 6.20 Å². The minimum absolute atomic E-state index is 0.275. The van der Waals surface area contributed by atoms with E-state index in [1.54, 1.807) is 6.20 Å². The number of aromatic amines is 1. The smallest absolute Gasteiger partial charge is 0.142 e. The number of hydrogen-bond donors (Lipinski definition) is 3. The van der Waals surface area contributed by atoms with E-state index in [-0.39, 0.29) is 6.04 Å². The first-order chi connectivity index (χ1) is 6.77. The Balaban J connectivity index is 1.93. The Morgan fingerprint density at radius 3 is 3.21 bits per heavy atom. The third kappa shape index (κ3) is 1.82. The number of nitrogens with two attached hydrogens (primary N) is 1. The number of nitrogen functional groups attached to an aromatic ring is 1. The summed E-state index contributed by atoms with van der Waals surface area (Å²) in [7, 11) is 0. The highest BCUT2D eigenvalue weighted by Gasteiger charge is 2.22. The summed E-state index contributed by atoms with van der Waals surface area (Å²) < 4.78 is 5.57. The molecule has 0 saturated carbocycles. The number of ether oxygens (including phenoxy) is 1. The average molecular weight is 196 g/mol. The van der Waals surface area contributed by atoms with Gasteiger partial charge in [-0.25, -0.2) is 0 Å². The first kappa shape index (κ1) is 9.33. The third-order valence-corrected chi connectivity index (χ3v) is 2.57. The molecule has 78 valence electrons. The van der Waals surface area contributed by atoms with Crippen molar-refractivity contribution < 1.29 is 4.74 Å². The molecule has 1 aromatic heterocycles. The Labute approximate surface area is 83.0 Å². The van der Waals surface area contributed by atoms with Crippen LogP contribution in [0.1, 0.15) is 19.8 Å². The van der Waals surface area contributed by atoms with E-state index in [2.05, 4.69) is 22.4 Å². The largest absolute Gasteiger partial charge is 0.382 e. The summed E-state index contributed by atoms with van der Waals surface area (Å²) in [6.07, 6.45) is 4.26. The van der Waals surface area contributed by atoms with Crippen molar-refractivity contribution in [1.82, 2.24) is 10.2 Å². The summed E-state index contributed by atoms with van der Waals surface area (Å²) in [6, 6.07) is 0.275. The van der Waals surface area contributed by atoms with E-state index in [0.717, 1.165) is 25.1 Å². The van der Waals surface area contributed by atoms with Gasteiger partial charge in [0.25, 0.3) is 0 Å². The topological polar surface area (TPSA) is 76.0 Å². The summed E-state index contributed by atoms with van der Waals surface area (Å²) in [4.78, 5) is 0. The first-order valence-electron chi connectivity index (χ1n) is 4.94. The van der Waals surface area contributed by atoms with Crippen LogP contribution in [0.4, 0.5) is 11.5 Å². The highest BCUT2D eigenvalue weighted by Crippen LogP contribution is 2.20. The molecular formula is C9H16N4O. The Hall–Kier alpha value is -1.23. The van der Waals surface area contributed by atoms with E-state index in [4.69, 9.17) is 10.5 Å². The number of aromatic nitrogens is 2. The van der Waals surface area contributed by atoms with Crippen LogP contribution in [-0.4, -0.2) is 29.0 Å². The summed E-state index contributed by atoms with van der Waals surface area (Å²) in [5, 5.41) is 9.83. The van der Waals surface area contributed by atoms with Crippen LogP contribution in [-0.2, 0) is 4.74 Å². The lowest BCUT2D eigenvalue weighted by Gasteiger charge is -2.20. The third-order valence-electron chi connectivity index (χ3n) is 2.57. The molecule has 1 fully saturated rings. The van der Waals surface area contributed by atoms with Crippen molar-refractivity contribution in [2.75, 3.05) is 17.7 Å². The monoisotopic (exact) mass is 196 g/mol. The molecule has 4 N–H and O–H groups in total. The lowest BCUT2D eigenvalue weighted by molar-refractivity contribution is 0.0997. The minimum atomic E-state index is 0.275. The van der Waals surface area contributed by atoms with Crippen molar-refractivity contribution in [3.05, 3.63) is 6.20 Å². The fraction of sp³-hybridized carbons (Fsp3) is 0.667. The van der Waals surface area contributed by atoms with Gasteiger partial charge >= 0.3 is 0 Å². The van der Waals surface area contributed by atoms with E-state index in [0.29, 0.717) is 11.9 Å². The van der Waals surface area contributed by atoms with Gasteiger partial charge in [-0.1, -0.05) is 0 Å². The lowest BCUT2D eigenvalue weighted by atomic mass is 10.1. The quantitative estimate of drug-likeness (QED) is 0.673. The predicted molar refractivity (Wildman–Crippen MR) is 55.1 cm³/mol. The molecule has 1 aliphatic rings. The van der Waals surface area contributed by atoms with Crippen LogP contribution in [0.25, 0.3) is 0 Å². The molecule has 2 heterocycles. The lowest BCUT2D eigenvalue weighted by Crippen LogP contribution is -2.30. The van der Waals surface area contributed by atoms with Gasteiger partial charge in [0.1, 0.15) is 5.82 Å². The van der Waals surface area contributed by atoms with E-state index >= 15 is 0 Å². The number of anilines is 2. The zero-order valence-corrected chi connectivity index (χ0v) is 8.29. The molecular weight excluding hydrogens is 180 g/mol. The molecule has 1 saturated heterocycles. The molecule has 0 aromatic carbocycles. The molecule has 2 rings (SSSR count). The van der Waals surface area contributed by atoms with Crippen molar-refractivity contribution in [2.45, 2.75) is 31.9 Å². The van der Waals surface area contributed by atoms with E-state index < -0.39 is 0 Å². The molecule has 1 aliphatic heterocycles. The van der Waals surface area contributed by atoms with Gasteiger partial charge in [0.15, 0.2) is 0 Å². The van der Waals surface area contributed by atoms with E-state index in [1.807, 2.05) is 0 Å². The standard InChI is InChI=1S/C9H16N4O/c1-6(8-3-2-4-14-8)12-7-5-11-13-9(7)10/h5-6,8,12H,2-4H2,1H3,(H3,10,11,13). The van der Waals surface area contributed by atoms with Crippen LogP contribution in [0.3, 0.4) is 0 Å². The second-order valence-electron chi connectivity index (χ2n) is 3.68. The molecule has 2 atom stereocenters. The molecule has 2 unspecified atom stereocenters. The van der Waals surface area contributed by atoms with Gasteiger partial charge in [-0.2, -0.15) is 5.10 Å². The van der Waals surface area contributed by atoms with Gasteiger partial charge in [0, 0.05) is 12.6 Å². The van der Waals surface area contributed by atoms with Gasteiger partial charge in [-0.3, -0.25) is 5.10 Å². The maximum absolute atomic E-state index is 5.67. The summed E-state index contributed by atoms with van der Waals surface area (Å²) in [5.74, 6) is 0.579. The summed E-state index contributed by atoms with van der Waals surface area (Å²) in [6.45, 7) is 2.97. The van der Waals surface area contributed by atoms with Gasteiger partial charge in [0.05, 0.1) is 18.0 Å². The van der Waals surface area contributed by atoms with E-state index in [9.17, 15) is 0 Å². The molecule has 0 bridgehead atoms. The molecule has 5 heteroatoms. The van der Waals surface area contributed by atoms with Crippen LogP contribution >= 0.6 is 0 Å². The summed E-state index contributed by atoms with van der Waals surface area (Å²) in [5.41, 5.74) is 6.52. The normalized spacial score (nSPS) is 23.6. The van der Waals surface area contributed by atoms with Crippen molar-refractivity contribution >= 4 is 11.5 Å². The number of nitrogens with zero attached hydrogens (tertiary/aromatic N) is 1. The highest BCUT2D eigenvalue weighted by molar-refractivity contribution is 5.60. The van der Waals surface area contributed by atoms with Crippen LogP contribution in [0.2, 0.25) is 0 Å². The first-order valence-corrected chi connectivity index (χ1v) is 4.94. The molecule has 0 amide bonds. The van der Waals surface area contributed by atoms with Gasteiger partial charge in [-0.15, -0.1) is 0 Å². The second kappa shape index (κ2) is 3.88. The van der Waals surface area contributed by atoms with E-state index in [1.165, 1.54) is 0 Å². The molecule has 0 radical (unpaired) electrons. The maximum atomic E-state index is 5.67. The zero-order valence-electron chi connectivity index (χ0n) is 8.29. The fourth-order valence-electron chi connectivity index (χ4n) is 1.75. The number of hydrogen-bond acceptors (Lipinski definition) is 4. The van der Waals surface area contributed by atoms with Gasteiger partial charge in [-0.05, 0) is 19.8 Å². The Morgan fingerprint density at radius 2 is 2.64 bits per heavy atom. The SMILES string of the molecule is CC(Nc1cn[nH]c1N)C1CCCO1. The van der Waals surface area contributed by atoms with Crippen LogP contribution in [0.5, 0.6) is 0 Å². The fourth-order valence-corrected chi connectivity index (χ4v) is 1.75. The second-order valence-corrected chi connectivity index (χ2v) is 3.68. The van der Waals surface area contributed by atoms with Gasteiger partial charge in [0.2, 0.25) is 0 Å². The van der Waals surface area contributed by atoms with Crippen molar-refractivity contribution in [3.8, 4) is 0 Å². The Bertz CT molecular complexity index is 293. The Morgan fingerprint density at radius 1 is 1.79 bits per heavy atom. The molecule has 0 spiro atoms. The van der Waals surface area contributed by atoms with Crippen molar-refractivity contribution in [1.29, 1.82) is 0 Å². The summed E-state index contributed by atoms with van der Waals surface area (Å²) >= 11 is 0. The van der Waals surface area contributed by atoms with Crippen LogP contribution < -0.4 is 11.1 Å². The minimum Gasteiger partial charge on any atom is -0.382 e. The van der Waals surface area contributed by atoms with Crippen LogP contribution in [0, 0.1) is 0 Å². The Kier molecular flexibility index (Phi) is 2.58. The average Bonchev–Trinajstić information content (AvgIpc) is 2.77. The number of nitrogens with one attached hydrogen (secondary N) is 2.